The molecule has 0 radical (unpaired) electrons. The van der Waals surface area contributed by atoms with E-state index in [1.165, 1.54) is 17.3 Å². The predicted molar refractivity (Wildman–Crippen MR) is 130 cm³/mol. The summed E-state index contributed by atoms with van der Waals surface area (Å²) in [5, 5.41) is 12.3. The van der Waals surface area contributed by atoms with Crippen molar-refractivity contribution < 1.29 is 9.59 Å². The zero-order valence-corrected chi connectivity index (χ0v) is 19.5. The fourth-order valence-electron chi connectivity index (χ4n) is 4.39. The summed E-state index contributed by atoms with van der Waals surface area (Å²) in [4.78, 5) is 27.4. The number of nitrogens with zero attached hydrogens (tertiary/aromatic N) is 5. The summed E-state index contributed by atoms with van der Waals surface area (Å²) in [5.41, 5.74) is 4.04. The Hall–Kier alpha value is -3.33. The van der Waals surface area contributed by atoms with Crippen LogP contribution in [0.3, 0.4) is 0 Å². The molecular weight excluding hydrogens is 436 g/mol. The standard InChI is InChI=1S/C24H26N6O2S/c1-16(2)25-21(31)14-29-19-11-5-6-12-20(19)30-23(29)26-27-24(30)33-15-22(32)28-13-7-9-17-8-3-4-10-18(17)28/h3-6,8,10-12,16H,7,9,13-15H2,1-2H3,(H,25,31). The molecule has 33 heavy (non-hydrogen) atoms. The largest absolute Gasteiger partial charge is 0.352 e. The third kappa shape index (κ3) is 4.08. The van der Waals surface area contributed by atoms with Crippen LogP contribution in [0.5, 0.6) is 0 Å². The number of amides is 2. The number of imidazole rings is 1. The molecule has 0 atom stereocenters. The second-order valence-corrected chi connectivity index (χ2v) is 9.42. The van der Waals surface area contributed by atoms with Crippen molar-refractivity contribution in [1.29, 1.82) is 0 Å². The summed E-state index contributed by atoms with van der Waals surface area (Å²) < 4.78 is 3.80. The molecule has 0 bridgehead atoms. The molecule has 1 aliphatic rings. The highest BCUT2D eigenvalue weighted by Crippen LogP contribution is 2.29. The lowest BCUT2D eigenvalue weighted by Gasteiger charge is -2.29. The second-order valence-electron chi connectivity index (χ2n) is 8.48. The summed E-state index contributed by atoms with van der Waals surface area (Å²) in [7, 11) is 0. The zero-order valence-electron chi connectivity index (χ0n) is 18.7. The normalized spacial score (nSPS) is 13.6. The van der Waals surface area contributed by atoms with Crippen molar-refractivity contribution in [1.82, 2.24) is 24.5 Å². The van der Waals surface area contributed by atoms with Gasteiger partial charge in [-0.25, -0.2) is 0 Å². The second kappa shape index (κ2) is 8.90. The van der Waals surface area contributed by atoms with Crippen molar-refractivity contribution in [2.45, 2.75) is 44.4 Å². The maximum Gasteiger partial charge on any atom is 0.240 e. The number of aromatic nitrogens is 4. The van der Waals surface area contributed by atoms with Crippen LogP contribution in [-0.2, 0) is 22.6 Å². The number of para-hydroxylation sites is 3. The molecule has 2 aromatic carbocycles. The van der Waals surface area contributed by atoms with Crippen LogP contribution >= 0.6 is 11.8 Å². The van der Waals surface area contributed by atoms with Crippen molar-refractivity contribution in [2.24, 2.45) is 0 Å². The number of hydrogen-bond donors (Lipinski definition) is 1. The molecular formula is C24H26N6O2S. The summed E-state index contributed by atoms with van der Waals surface area (Å²) in [6, 6.07) is 16.0. The number of anilines is 1. The third-order valence-corrected chi connectivity index (χ3v) is 6.67. The van der Waals surface area contributed by atoms with E-state index < -0.39 is 0 Å². The molecule has 170 valence electrons. The van der Waals surface area contributed by atoms with Crippen molar-refractivity contribution in [3.8, 4) is 0 Å². The van der Waals surface area contributed by atoms with Gasteiger partial charge in [-0.1, -0.05) is 42.1 Å². The highest BCUT2D eigenvalue weighted by atomic mass is 32.2. The molecule has 1 N–H and O–H groups in total. The molecule has 0 aliphatic carbocycles. The number of aryl methyl sites for hydroxylation is 1. The van der Waals surface area contributed by atoms with Crippen molar-refractivity contribution in [3.05, 3.63) is 54.1 Å². The first-order valence-corrected chi connectivity index (χ1v) is 12.1. The summed E-state index contributed by atoms with van der Waals surface area (Å²) in [6.07, 6.45) is 1.97. The number of nitrogens with one attached hydrogen (secondary N) is 1. The monoisotopic (exact) mass is 462 g/mol. The van der Waals surface area contributed by atoms with E-state index in [4.69, 9.17) is 0 Å². The number of thioether (sulfide) groups is 1. The molecule has 8 nitrogen and oxygen atoms in total. The Kier molecular flexibility index (Phi) is 5.80. The number of hydrogen-bond acceptors (Lipinski definition) is 5. The third-order valence-electron chi connectivity index (χ3n) is 5.76. The first-order chi connectivity index (χ1) is 16.0. The van der Waals surface area contributed by atoms with Gasteiger partial charge in [-0.15, -0.1) is 10.2 Å². The molecule has 4 aromatic rings. The van der Waals surface area contributed by atoms with Gasteiger partial charge in [0.15, 0.2) is 5.16 Å². The van der Waals surface area contributed by atoms with Gasteiger partial charge in [0.05, 0.1) is 16.8 Å². The fraction of sp³-hybridized carbons (Fsp3) is 0.333. The van der Waals surface area contributed by atoms with Gasteiger partial charge >= 0.3 is 0 Å². The minimum atomic E-state index is -0.0793. The number of carbonyl (C=O) groups is 2. The average Bonchev–Trinajstić information content (AvgIpc) is 3.36. The molecule has 0 saturated heterocycles. The van der Waals surface area contributed by atoms with Gasteiger partial charge < -0.3 is 10.2 Å². The molecule has 2 amide bonds. The van der Waals surface area contributed by atoms with E-state index >= 15 is 0 Å². The van der Waals surface area contributed by atoms with Gasteiger partial charge in [0.2, 0.25) is 17.6 Å². The first kappa shape index (κ1) is 21.5. The molecule has 0 spiro atoms. The lowest BCUT2D eigenvalue weighted by molar-refractivity contribution is -0.122. The molecule has 0 unspecified atom stereocenters. The van der Waals surface area contributed by atoms with Crippen molar-refractivity contribution in [2.75, 3.05) is 17.2 Å². The summed E-state index contributed by atoms with van der Waals surface area (Å²) in [6.45, 7) is 4.76. The van der Waals surface area contributed by atoms with Gasteiger partial charge in [-0.05, 0) is 50.5 Å². The Balaban J connectivity index is 1.42. The molecule has 2 aromatic heterocycles. The maximum atomic E-state index is 13.1. The summed E-state index contributed by atoms with van der Waals surface area (Å²) in [5.74, 6) is 0.837. The van der Waals surface area contributed by atoms with Gasteiger partial charge in [-0.3, -0.25) is 18.6 Å². The lowest BCUT2D eigenvalue weighted by atomic mass is 10.0. The van der Waals surface area contributed by atoms with Crippen LogP contribution < -0.4 is 10.2 Å². The predicted octanol–water partition coefficient (Wildman–Crippen LogP) is 3.28. The fourth-order valence-corrected chi connectivity index (χ4v) is 5.21. The van der Waals surface area contributed by atoms with E-state index in [-0.39, 0.29) is 30.2 Å². The van der Waals surface area contributed by atoms with E-state index in [0.29, 0.717) is 10.9 Å². The topological polar surface area (TPSA) is 84.5 Å². The van der Waals surface area contributed by atoms with Gasteiger partial charge in [-0.2, -0.15) is 0 Å². The van der Waals surface area contributed by atoms with Crippen molar-refractivity contribution in [3.63, 3.8) is 0 Å². The SMILES string of the molecule is CC(C)NC(=O)Cn1c2ccccc2n2c(SCC(=O)N3CCCc4ccccc43)nnc12. The van der Waals surface area contributed by atoms with Crippen LogP contribution in [0.15, 0.2) is 53.7 Å². The van der Waals surface area contributed by atoms with Gasteiger partial charge in [0, 0.05) is 18.3 Å². The zero-order chi connectivity index (χ0) is 22.9. The highest BCUT2D eigenvalue weighted by Gasteiger charge is 2.24. The highest BCUT2D eigenvalue weighted by molar-refractivity contribution is 7.99. The minimum Gasteiger partial charge on any atom is -0.352 e. The Bertz CT molecular complexity index is 1340. The quantitative estimate of drug-likeness (QED) is 0.445. The molecule has 3 heterocycles. The van der Waals surface area contributed by atoms with E-state index in [1.54, 1.807) is 0 Å². The molecule has 0 saturated carbocycles. The van der Waals surface area contributed by atoms with Gasteiger partial charge in [0.1, 0.15) is 6.54 Å². The van der Waals surface area contributed by atoms with Crippen molar-refractivity contribution >= 4 is 46.1 Å². The smallest absolute Gasteiger partial charge is 0.240 e. The van der Waals surface area contributed by atoms with Crippen LogP contribution in [0.4, 0.5) is 5.69 Å². The first-order valence-electron chi connectivity index (χ1n) is 11.2. The average molecular weight is 463 g/mol. The van der Waals surface area contributed by atoms with E-state index in [2.05, 4.69) is 21.6 Å². The minimum absolute atomic E-state index is 0.0592. The number of carbonyl (C=O) groups excluding carboxylic acids is 2. The Morgan fingerprint density at radius 3 is 2.64 bits per heavy atom. The number of rotatable bonds is 6. The Morgan fingerprint density at radius 2 is 1.82 bits per heavy atom. The molecule has 1 aliphatic heterocycles. The molecule has 0 fully saturated rings. The van der Waals surface area contributed by atoms with Crippen LogP contribution in [0.2, 0.25) is 0 Å². The number of benzene rings is 2. The van der Waals surface area contributed by atoms with E-state index in [0.717, 1.165) is 36.1 Å². The van der Waals surface area contributed by atoms with Crippen LogP contribution in [0, 0.1) is 0 Å². The lowest BCUT2D eigenvalue weighted by Crippen LogP contribution is -2.36. The molecule has 9 heteroatoms. The summed E-state index contributed by atoms with van der Waals surface area (Å²) >= 11 is 1.37. The van der Waals surface area contributed by atoms with Crippen LogP contribution in [0.1, 0.15) is 25.8 Å². The number of fused-ring (bicyclic) bond motifs is 4. The molecule has 5 rings (SSSR count). The van der Waals surface area contributed by atoms with E-state index in [9.17, 15) is 9.59 Å². The van der Waals surface area contributed by atoms with Crippen LogP contribution in [0.25, 0.3) is 16.8 Å². The van der Waals surface area contributed by atoms with E-state index in [1.807, 2.05) is 70.2 Å². The Morgan fingerprint density at radius 1 is 1.06 bits per heavy atom. The Labute approximate surface area is 196 Å². The maximum absolute atomic E-state index is 13.1. The van der Waals surface area contributed by atoms with Crippen LogP contribution in [-0.4, -0.2) is 49.3 Å². The van der Waals surface area contributed by atoms with Gasteiger partial charge in [0.25, 0.3) is 0 Å².